The lowest BCUT2D eigenvalue weighted by Crippen LogP contribution is -2.18. The molecule has 0 aromatic carbocycles. The summed E-state index contributed by atoms with van der Waals surface area (Å²) in [4.78, 5) is 29.9. The first-order chi connectivity index (χ1) is 8.50. The Hall–Kier alpha value is -2.97. The Bertz CT molecular complexity index is 634. The Balaban J connectivity index is 2.59. The molecule has 2 rings (SSSR count). The Labute approximate surface area is 101 Å². The number of nitrogen functional groups attached to an aromatic ring is 1. The number of carbonyl (C=O) groups excluding carboxylic acids is 2. The van der Waals surface area contributed by atoms with E-state index in [0.29, 0.717) is 0 Å². The fourth-order valence-corrected chi connectivity index (χ4v) is 1.36. The first-order valence-corrected chi connectivity index (χ1v) is 4.77. The molecule has 0 unspecified atom stereocenters. The van der Waals surface area contributed by atoms with E-state index in [1.165, 1.54) is 18.6 Å². The third-order valence-electron chi connectivity index (χ3n) is 2.11. The highest BCUT2D eigenvalue weighted by molar-refractivity contribution is 5.96. The van der Waals surface area contributed by atoms with Gasteiger partial charge in [0, 0.05) is 12.4 Å². The van der Waals surface area contributed by atoms with Crippen LogP contribution in [0.15, 0.2) is 18.6 Å². The highest BCUT2D eigenvalue weighted by Gasteiger charge is 2.17. The predicted molar refractivity (Wildman–Crippen MR) is 60.6 cm³/mol. The second-order valence-corrected chi connectivity index (χ2v) is 3.33. The van der Waals surface area contributed by atoms with Crippen LogP contribution in [-0.4, -0.2) is 31.6 Å². The molecule has 0 radical (unpaired) electrons. The molecular formula is C9H9N7O2. The van der Waals surface area contributed by atoms with Gasteiger partial charge < -0.3 is 17.2 Å². The Kier molecular flexibility index (Phi) is 2.64. The zero-order valence-electron chi connectivity index (χ0n) is 9.07. The number of carbonyl (C=O) groups is 2. The number of primary amides is 2. The first-order valence-electron chi connectivity index (χ1n) is 4.77. The average Bonchev–Trinajstić information content (AvgIpc) is 2.71. The van der Waals surface area contributed by atoms with E-state index in [2.05, 4.69) is 15.1 Å². The molecular weight excluding hydrogens is 238 g/mol. The molecule has 0 bridgehead atoms. The maximum absolute atomic E-state index is 11.2. The molecule has 2 heterocycles. The largest absolute Gasteiger partial charge is 0.396 e. The van der Waals surface area contributed by atoms with Crippen molar-refractivity contribution < 1.29 is 9.59 Å². The van der Waals surface area contributed by atoms with Crippen molar-refractivity contribution >= 4 is 17.5 Å². The van der Waals surface area contributed by atoms with E-state index in [9.17, 15) is 9.59 Å². The van der Waals surface area contributed by atoms with Crippen LogP contribution in [0, 0.1) is 0 Å². The number of rotatable bonds is 3. The van der Waals surface area contributed by atoms with E-state index in [4.69, 9.17) is 17.2 Å². The minimum Gasteiger partial charge on any atom is -0.396 e. The number of aromatic nitrogens is 4. The fourth-order valence-electron chi connectivity index (χ4n) is 1.36. The van der Waals surface area contributed by atoms with Crippen LogP contribution in [0.4, 0.5) is 5.69 Å². The van der Waals surface area contributed by atoms with Gasteiger partial charge in [-0.15, -0.1) is 0 Å². The molecule has 0 spiro atoms. The van der Waals surface area contributed by atoms with E-state index in [-0.39, 0.29) is 22.9 Å². The number of nitrogens with two attached hydrogens (primary N) is 3. The maximum Gasteiger partial charge on any atom is 0.271 e. The van der Waals surface area contributed by atoms with E-state index in [1.807, 2.05) is 0 Å². The average molecular weight is 247 g/mol. The molecule has 0 fully saturated rings. The van der Waals surface area contributed by atoms with Gasteiger partial charge in [0.05, 0.1) is 11.9 Å². The van der Waals surface area contributed by atoms with Gasteiger partial charge in [-0.2, -0.15) is 5.10 Å². The second kappa shape index (κ2) is 4.13. The van der Waals surface area contributed by atoms with Gasteiger partial charge in [-0.05, 0) is 0 Å². The Morgan fingerprint density at radius 3 is 2.22 bits per heavy atom. The Morgan fingerprint density at radius 1 is 1.06 bits per heavy atom. The molecule has 9 heteroatoms. The van der Waals surface area contributed by atoms with Crippen molar-refractivity contribution in [2.75, 3.05) is 5.73 Å². The van der Waals surface area contributed by atoms with E-state index >= 15 is 0 Å². The van der Waals surface area contributed by atoms with Gasteiger partial charge in [-0.3, -0.25) is 9.59 Å². The third kappa shape index (κ3) is 1.84. The summed E-state index contributed by atoms with van der Waals surface area (Å²) in [6, 6.07) is 0. The normalized spacial score (nSPS) is 10.2. The van der Waals surface area contributed by atoms with Crippen molar-refractivity contribution in [1.29, 1.82) is 0 Å². The number of nitrogens with zero attached hydrogens (tertiary/aromatic N) is 4. The lowest BCUT2D eigenvalue weighted by Gasteiger charge is -2.03. The minimum absolute atomic E-state index is 0.0728. The summed E-state index contributed by atoms with van der Waals surface area (Å²) in [7, 11) is 0. The molecule has 0 saturated carbocycles. The summed E-state index contributed by atoms with van der Waals surface area (Å²) in [5.41, 5.74) is 15.7. The van der Waals surface area contributed by atoms with Crippen LogP contribution in [0.5, 0.6) is 0 Å². The zero-order chi connectivity index (χ0) is 13.3. The van der Waals surface area contributed by atoms with E-state index in [1.54, 1.807) is 0 Å². The molecule has 0 aliphatic rings. The minimum atomic E-state index is -0.782. The van der Waals surface area contributed by atoms with Crippen LogP contribution in [0.3, 0.4) is 0 Å². The summed E-state index contributed by atoms with van der Waals surface area (Å²) in [5.74, 6) is -1.48. The number of hydrogen-bond donors (Lipinski definition) is 3. The molecule has 2 amide bonds. The molecule has 2 aromatic rings. The van der Waals surface area contributed by atoms with Crippen LogP contribution in [-0.2, 0) is 0 Å². The van der Waals surface area contributed by atoms with Gasteiger partial charge in [-0.1, -0.05) is 0 Å². The maximum atomic E-state index is 11.2. The van der Waals surface area contributed by atoms with Crippen LogP contribution < -0.4 is 17.2 Å². The quantitative estimate of drug-likeness (QED) is 0.595. The predicted octanol–water partition coefficient (Wildman–Crippen LogP) is -1.56. The monoisotopic (exact) mass is 247 g/mol. The highest BCUT2D eigenvalue weighted by atomic mass is 16.1. The number of amides is 2. The van der Waals surface area contributed by atoms with Gasteiger partial charge in [0.1, 0.15) is 0 Å². The van der Waals surface area contributed by atoms with Crippen molar-refractivity contribution in [2.45, 2.75) is 0 Å². The number of anilines is 1. The number of hydrogen-bond acceptors (Lipinski definition) is 6. The summed E-state index contributed by atoms with van der Waals surface area (Å²) in [6.07, 6.45) is 3.96. The van der Waals surface area contributed by atoms with Gasteiger partial charge in [0.15, 0.2) is 17.2 Å². The lowest BCUT2D eigenvalue weighted by molar-refractivity contribution is 0.0989. The standard InChI is InChI=1S/C9H9N7O2/c10-4-3-16(15-5(4)7(11)17)9-6(8(12)18)13-1-2-14-9/h1-3H,10H2,(H2,11,17)(H2,12,18). The second-order valence-electron chi connectivity index (χ2n) is 3.33. The SMILES string of the molecule is NC(=O)c1nn(-c2nccnc2C(N)=O)cc1N. The first kappa shape index (κ1) is 11.5. The van der Waals surface area contributed by atoms with Crippen LogP contribution in [0.1, 0.15) is 21.0 Å². The van der Waals surface area contributed by atoms with E-state index in [0.717, 1.165) is 4.68 Å². The molecule has 0 saturated heterocycles. The molecule has 18 heavy (non-hydrogen) atoms. The van der Waals surface area contributed by atoms with Gasteiger partial charge >= 0.3 is 0 Å². The smallest absolute Gasteiger partial charge is 0.271 e. The van der Waals surface area contributed by atoms with Crippen molar-refractivity contribution in [3.63, 3.8) is 0 Å². The van der Waals surface area contributed by atoms with E-state index < -0.39 is 11.8 Å². The van der Waals surface area contributed by atoms with Crippen molar-refractivity contribution in [2.24, 2.45) is 11.5 Å². The molecule has 6 N–H and O–H groups in total. The van der Waals surface area contributed by atoms with Crippen LogP contribution in [0.25, 0.3) is 5.82 Å². The summed E-state index contributed by atoms with van der Waals surface area (Å²) >= 11 is 0. The summed E-state index contributed by atoms with van der Waals surface area (Å²) < 4.78 is 1.13. The highest BCUT2D eigenvalue weighted by Crippen LogP contribution is 2.13. The molecule has 0 aliphatic carbocycles. The molecule has 0 atom stereocenters. The van der Waals surface area contributed by atoms with Crippen molar-refractivity contribution in [1.82, 2.24) is 19.7 Å². The molecule has 2 aromatic heterocycles. The molecule has 92 valence electrons. The van der Waals surface area contributed by atoms with Crippen molar-refractivity contribution in [3.05, 3.63) is 30.0 Å². The third-order valence-corrected chi connectivity index (χ3v) is 2.11. The van der Waals surface area contributed by atoms with Crippen molar-refractivity contribution in [3.8, 4) is 5.82 Å². The van der Waals surface area contributed by atoms with Gasteiger partial charge in [-0.25, -0.2) is 14.6 Å². The van der Waals surface area contributed by atoms with Crippen LogP contribution in [0.2, 0.25) is 0 Å². The van der Waals surface area contributed by atoms with Gasteiger partial charge in [0.2, 0.25) is 0 Å². The lowest BCUT2D eigenvalue weighted by atomic mass is 10.3. The topological polar surface area (TPSA) is 156 Å². The van der Waals surface area contributed by atoms with Crippen LogP contribution >= 0.6 is 0 Å². The van der Waals surface area contributed by atoms with Gasteiger partial charge in [0.25, 0.3) is 11.8 Å². The fraction of sp³-hybridized carbons (Fsp3) is 0. The Morgan fingerprint density at radius 2 is 1.67 bits per heavy atom. The zero-order valence-corrected chi connectivity index (χ0v) is 9.07. The molecule has 0 aliphatic heterocycles. The molecule has 9 nitrogen and oxygen atoms in total. The summed E-state index contributed by atoms with van der Waals surface area (Å²) in [6.45, 7) is 0. The summed E-state index contributed by atoms with van der Waals surface area (Å²) in [5, 5.41) is 3.83.